The average molecular weight is 345 g/mol. The monoisotopic (exact) mass is 344 g/mol. The first-order valence-corrected chi connectivity index (χ1v) is 7.83. The number of nitrogens with zero attached hydrogens (tertiary/aromatic N) is 2. The average Bonchev–Trinajstić information content (AvgIpc) is 2.63. The van der Waals surface area contributed by atoms with Crippen LogP contribution in [0.2, 0.25) is 5.02 Å². The number of β-amino-alcohol motifs (C(OH)–C–C–N with tert-alkyl or cyclic N) is 1. The van der Waals surface area contributed by atoms with Gasteiger partial charge in [-0.25, -0.2) is 4.39 Å². The minimum absolute atomic E-state index is 0.00630. The predicted octanol–water partition coefficient (Wildman–Crippen LogP) is 1.52. The van der Waals surface area contributed by atoms with Crippen LogP contribution in [-0.4, -0.2) is 66.8 Å². The Balaban J connectivity index is 2.08. The summed E-state index contributed by atoms with van der Waals surface area (Å²) >= 11 is 6.07. The Hall–Kier alpha value is -1.21. The summed E-state index contributed by atoms with van der Waals surface area (Å²) < 4.78 is 18.6. The van der Waals surface area contributed by atoms with Gasteiger partial charge in [-0.05, 0) is 17.7 Å². The third-order valence-electron chi connectivity index (χ3n) is 3.83. The van der Waals surface area contributed by atoms with Crippen molar-refractivity contribution in [3.63, 3.8) is 0 Å². The molecule has 1 aromatic carbocycles. The highest BCUT2D eigenvalue weighted by Gasteiger charge is 2.35. The van der Waals surface area contributed by atoms with Gasteiger partial charge in [-0.1, -0.05) is 17.7 Å². The van der Waals surface area contributed by atoms with E-state index in [0.717, 1.165) is 5.56 Å². The van der Waals surface area contributed by atoms with Crippen molar-refractivity contribution in [3.8, 4) is 0 Å². The number of hydrogen-bond acceptors (Lipinski definition) is 4. The number of amides is 1. The molecule has 1 aliphatic heterocycles. The molecule has 1 saturated heterocycles. The summed E-state index contributed by atoms with van der Waals surface area (Å²) in [4.78, 5) is 15.3. The van der Waals surface area contributed by atoms with Crippen LogP contribution in [0, 0.1) is 5.82 Å². The first-order chi connectivity index (χ1) is 10.8. The summed E-state index contributed by atoms with van der Waals surface area (Å²) in [6, 6.07) is 4.26. The predicted molar refractivity (Wildman–Crippen MR) is 85.8 cm³/mol. The van der Waals surface area contributed by atoms with Gasteiger partial charge in [0.1, 0.15) is 11.4 Å². The van der Waals surface area contributed by atoms with E-state index < -0.39 is 5.60 Å². The Morgan fingerprint density at radius 1 is 1.52 bits per heavy atom. The van der Waals surface area contributed by atoms with Crippen LogP contribution >= 0.6 is 11.6 Å². The largest absolute Gasteiger partial charge is 0.386 e. The molecule has 0 saturated carbocycles. The second-order valence-corrected chi connectivity index (χ2v) is 6.60. The van der Waals surface area contributed by atoms with E-state index in [0.29, 0.717) is 31.3 Å². The molecule has 0 spiro atoms. The van der Waals surface area contributed by atoms with Crippen LogP contribution in [0.4, 0.5) is 4.39 Å². The van der Waals surface area contributed by atoms with Crippen molar-refractivity contribution in [2.75, 3.05) is 40.4 Å². The Labute approximate surface area is 140 Å². The molecular formula is C16H22ClFN2O3. The molecular weight excluding hydrogens is 323 g/mol. The van der Waals surface area contributed by atoms with E-state index in [9.17, 15) is 14.3 Å². The maximum atomic E-state index is 13.1. The van der Waals surface area contributed by atoms with Crippen molar-refractivity contribution < 1.29 is 19.0 Å². The molecule has 0 radical (unpaired) electrons. The van der Waals surface area contributed by atoms with E-state index in [1.54, 1.807) is 20.2 Å². The van der Waals surface area contributed by atoms with Crippen molar-refractivity contribution in [3.05, 3.63) is 34.6 Å². The van der Waals surface area contributed by atoms with Crippen LogP contribution in [0.25, 0.3) is 0 Å². The number of carbonyl (C=O) groups is 1. The highest BCUT2D eigenvalue weighted by Crippen LogP contribution is 2.23. The fraction of sp³-hybridized carbons (Fsp3) is 0.562. The van der Waals surface area contributed by atoms with E-state index in [-0.39, 0.29) is 24.8 Å². The number of halogens is 2. The van der Waals surface area contributed by atoms with E-state index in [1.807, 2.05) is 4.90 Å². The van der Waals surface area contributed by atoms with E-state index in [4.69, 9.17) is 16.3 Å². The number of hydrogen-bond donors (Lipinski definition) is 1. The molecule has 1 aliphatic rings. The summed E-state index contributed by atoms with van der Waals surface area (Å²) in [7, 11) is 3.30. The standard InChI is InChI=1S/C16H22ClFN2O3/c1-19(2)15(21)8-16(22)10-20(5-6-23-11-16)9-12-3-4-13(18)7-14(12)17/h3-4,7,22H,5-6,8-11H2,1-2H3/t16-/m0/s1. The molecule has 0 aromatic heterocycles. The zero-order valence-corrected chi connectivity index (χ0v) is 14.1. The van der Waals surface area contributed by atoms with Gasteiger partial charge in [0.25, 0.3) is 0 Å². The van der Waals surface area contributed by atoms with Crippen LogP contribution in [0.15, 0.2) is 18.2 Å². The van der Waals surface area contributed by atoms with E-state index in [2.05, 4.69) is 0 Å². The van der Waals surface area contributed by atoms with Crippen LogP contribution in [0.1, 0.15) is 12.0 Å². The second-order valence-electron chi connectivity index (χ2n) is 6.19. The fourth-order valence-corrected chi connectivity index (χ4v) is 2.80. The number of ether oxygens (including phenoxy) is 1. The SMILES string of the molecule is CN(C)C(=O)C[C@@]1(O)COCCN(Cc2ccc(F)cc2Cl)C1. The molecule has 1 heterocycles. The number of aliphatic hydroxyl groups is 1. The van der Waals surface area contributed by atoms with Crippen LogP contribution < -0.4 is 0 Å². The molecule has 23 heavy (non-hydrogen) atoms. The summed E-state index contributed by atoms with van der Waals surface area (Å²) in [5.41, 5.74) is -0.471. The molecule has 1 atom stereocenters. The molecule has 1 fully saturated rings. The molecule has 1 amide bonds. The van der Waals surface area contributed by atoms with Crippen molar-refractivity contribution in [2.24, 2.45) is 0 Å². The van der Waals surface area contributed by atoms with Crippen molar-refractivity contribution >= 4 is 17.5 Å². The number of rotatable bonds is 4. The quantitative estimate of drug-likeness (QED) is 0.900. The molecule has 0 unspecified atom stereocenters. The van der Waals surface area contributed by atoms with Crippen molar-refractivity contribution in [1.82, 2.24) is 9.80 Å². The first kappa shape index (κ1) is 18.1. The lowest BCUT2D eigenvalue weighted by molar-refractivity contribution is -0.136. The third kappa shape index (κ3) is 5.14. The fourth-order valence-electron chi connectivity index (χ4n) is 2.57. The molecule has 1 N–H and O–H groups in total. The second kappa shape index (κ2) is 7.57. The lowest BCUT2D eigenvalue weighted by Gasteiger charge is -2.31. The maximum absolute atomic E-state index is 13.1. The van der Waals surface area contributed by atoms with Gasteiger partial charge in [-0.3, -0.25) is 9.69 Å². The molecule has 128 valence electrons. The van der Waals surface area contributed by atoms with Gasteiger partial charge in [0.2, 0.25) is 5.91 Å². The number of benzene rings is 1. The minimum Gasteiger partial charge on any atom is -0.386 e. The van der Waals surface area contributed by atoms with E-state index in [1.165, 1.54) is 17.0 Å². The lowest BCUT2D eigenvalue weighted by atomic mass is 9.99. The van der Waals surface area contributed by atoms with Crippen LogP contribution in [0.3, 0.4) is 0 Å². The molecule has 0 bridgehead atoms. The number of carbonyl (C=O) groups excluding carboxylic acids is 1. The van der Waals surface area contributed by atoms with Crippen LogP contribution in [0.5, 0.6) is 0 Å². The Morgan fingerprint density at radius 2 is 2.26 bits per heavy atom. The van der Waals surface area contributed by atoms with Gasteiger partial charge in [0.15, 0.2) is 0 Å². The van der Waals surface area contributed by atoms with Crippen molar-refractivity contribution in [2.45, 2.75) is 18.6 Å². The molecule has 1 aromatic rings. The molecule has 7 heteroatoms. The summed E-state index contributed by atoms with van der Waals surface area (Å²) in [6.45, 7) is 1.92. The zero-order chi connectivity index (χ0) is 17.0. The summed E-state index contributed by atoms with van der Waals surface area (Å²) in [5, 5.41) is 11.1. The van der Waals surface area contributed by atoms with Gasteiger partial charge >= 0.3 is 0 Å². The highest BCUT2D eigenvalue weighted by atomic mass is 35.5. The third-order valence-corrected chi connectivity index (χ3v) is 4.18. The highest BCUT2D eigenvalue weighted by molar-refractivity contribution is 6.31. The molecule has 0 aliphatic carbocycles. The van der Waals surface area contributed by atoms with Gasteiger partial charge < -0.3 is 14.7 Å². The Bertz CT molecular complexity index is 570. The first-order valence-electron chi connectivity index (χ1n) is 7.46. The van der Waals surface area contributed by atoms with Gasteiger partial charge in [-0.2, -0.15) is 0 Å². The lowest BCUT2D eigenvalue weighted by Crippen LogP contribution is -2.47. The van der Waals surface area contributed by atoms with Gasteiger partial charge in [0.05, 0.1) is 19.6 Å². The van der Waals surface area contributed by atoms with E-state index >= 15 is 0 Å². The zero-order valence-electron chi connectivity index (χ0n) is 13.4. The van der Waals surface area contributed by atoms with Gasteiger partial charge in [-0.15, -0.1) is 0 Å². The molecule has 5 nitrogen and oxygen atoms in total. The van der Waals surface area contributed by atoms with Crippen molar-refractivity contribution in [1.29, 1.82) is 0 Å². The topological polar surface area (TPSA) is 53.0 Å². The molecule has 2 rings (SSSR count). The summed E-state index contributed by atoms with van der Waals surface area (Å²) in [5.74, 6) is -0.538. The maximum Gasteiger partial charge on any atom is 0.225 e. The Morgan fingerprint density at radius 3 is 2.91 bits per heavy atom. The smallest absolute Gasteiger partial charge is 0.225 e. The van der Waals surface area contributed by atoms with Gasteiger partial charge in [0, 0.05) is 38.8 Å². The van der Waals surface area contributed by atoms with Crippen LogP contribution in [-0.2, 0) is 16.1 Å². The minimum atomic E-state index is -1.25. The summed E-state index contributed by atoms with van der Waals surface area (Å²) in [6.07, 6.45) is -0.00630. The normalized spacial score (nSPS) is 22.7. The Kier molecular flexibility index (Phi) is 5.97.